The summed E-state index contributed by atoms with van der Waals surface area (Å²) in [6, 6.07) is 8.73. The van der Waals surface area contributed by atoms with Crippen molar-refractivity contribution < 1.29 is 4.79 Å². The zero-order valence-electron chi connectivity index (χ0n) is 16.6. The molecule has 3 heterocycles. The van der Waals surface area contributed by atoms with Gasteiger partial charge in [-0.1, -0.05) is 0 Å². The number of nitrogens with zero attached hydrogens (tertiary/aromatic N) is 5. The van der Waals surface area contributed by atoms with E-state index in [1.54, 1.807) is 30.3 Å². The number of piperidine rings is 1. The molecular formula is C20H25N7O2. The number of hydrogen-bond donors (Lipinski definition) is 2. The van der Waals surface area contributed by atoms with Crippen molar-refractivity contribution in [1.29, 1.82) is 0 Å². The minimum absolute atomic E-state index is 0.00292. The predicted molar refractivity (Wildman–Crippen MR) is 110 cm³/mol. The summed E-state index contributed by atoms with van der Waals surface area (Å²) >= 11 is 0. The molecule has 1 aliphatic rings. The molecule has 152 valence electrons. The molecular weight excluding hydrogens is 370 g/mol. The fourth-order valence-electron chi connectivity index (χ4n) is 3.75. The average Bonchev–Trinajstić information content (AvgIpc) is 3.20. The molecule has 1 amide bonds. The van der Waals surface area contributed by atoms with E-state index in [1.165, 1.54) is 4.68 Å². The second-order valence-corrected chi connectivity index (χ2v) is 7.65. The molecule has 0 bridgehead atoms. The van der Waals surface area contributed by atoms with Crippen molar-refractivity contribution in [3.63, 3.8) is 0 Å². The topological polar surface area (TPSA) is 109 Å². The van der Waals surface area contributed by atoms with Crippen molar-refractivity contribution in [2.24, 2.45) is 0 Å². The van der Waals surface area contributed by atoms with Gasteiger partial charge in [0.05, 0.1) is 6.04 Å². The predicted octanol–water partition coefficient (Wildman–Crippen LogP) is 1.88. The highest BCUT2D eigenvalue weighted by Gasteiger charge is 2.25. The number of fused-ring (bicyclic) bond motifs is 1. The van der Waals surface area contributed by atoms with Crippen LogP contribution in [0.4, 0.5) is 5.82 Å². The van der Waals surface area contributed by atoms with Gasteiger partial charge in [-0.3, -0.25) is 9.59 Å². The van der Waals surface area contributed by atoms with Crippen LogP contribution in [0.15, 0.2) is 35.1 Å². The maximum atomic E-state index is 12.6. The Kier molecular flexibility index (Phi) is 5.28. The molecule has 0 radical (unpaired) electrons. The highest BCUT2D eigenvalue weighted by Crippen LogP contribution is 2.22. The van der Waals surface area contributed by atoms with E-state index in [1.807, 2.05) is 13.8 Å². The largest absolute Gasteiger partial charge is 0.350 e. The van der Waals surface area contributed by atoms with Crippen LogP contribution in [0.3, 0.4) is 0 Å². The highest BCUT2D eigenvalue weighted by atomic mass is 16.1. The van der Waals surface area contributed by atoms with Gasteiger partial charge in [0.1, 0.15) is 16.9 Å². The molecule has 2 N–H and O–H groups in total. The third kappa shape index (κ3) is 3.98. The Morgan fingerprint density at radius 3 is 2.86 bits per heavy atom. The quantitative estimate of drug-likeness (QED) is 0.683. The number of nitrogens with one attached hydrogen (secondary N) is 2. The molecule has 2 aromatic heterocycles. The van der Waals surface area contributed by atoms with Crippen molar-refractivity contribution in [2.75, 3.05) is 18.0 Å². The molecule has 0 spiro atoms. The lowest BCUT2D eigenvalue weighted by molar-refractivity contribution is 0.0949. The molecule has 1 aromatic carbocycles. The normalized spacial score (nSPS) is 17.1. The molecule has 9 nitrogen and oxygen atoms in total. The first-order valence-electron chi connectivity index (χ1n) is 9.98. The fourth-order valence-corrected chi connectivity index (χ4v) is 3.75. The summed E-state index contributed by atoms with van der Waals surface area (Å²) in [6.07, 6.45) is 3.13. The van der Waals surface area contributed by atoms with Gasteiger partial charge in [0.25, 0.3) is 11.5 Å². The SMILES string of the molecule is CC(C)n1nc(N2CCCCC2CNC(=O)c2ccc3n[nH]nc3c2)ccc1=O. The van der Waals surface area contributed by atoms with Crippen LogP contribution in [0.5, 0.6) is 0 Å². The lowest BCUT2D eigenvalue weighted by Crippen LogP contribution is -2.47. The van der Waals surface area contributed by atoms with E-state index in [0.717, 1.165) is 37.1 Å². The maximum Gasteiger partial charge on any atom is 0.267 e. The van der Waals surface area contributed by atoms with Gasteiger partial charge < -0.3 is 10.2 Å². The van der Waals surface area contributed by atoms with Crippen LogP contribution in [0.25, 0.3) is 11.0 Å². The molecule has 0 saturated carbocycles. The number of anilines is 1. The van der Waals surface area contributed by atoms with Gasteiger partial charge in [0, 0.05) is 30.8 Å². The van der Waals surface area contributed by atoms with Crippen molar-refractivity contribution >= 4 is 22.8 Å². The number of aromatic amines is 1. The van der Waals surface area contributed by atoms with Crippen LogP contribution in [0.2, 0.25) is 0 Å². The molecule has 1 atom stereocenters. The van der Waals surface area contributed by atoms with Gasteiger partial charge in [0.15, 0.2) is 0 Å². The first-order chi connectivity index (χ1) is 14.0. The van der Waals surface area contributed by atoms with Gasteiger partial charge in [0.2, 0.25) is 0 Å². The number of carbonyl (C=O) groups is 1. The van der Waals surface area contributed by atoms with Crippen LogP contribution in [-0.2, 0) is 0 Å². The number of amides is 1. The number of rotatable bonds is 5. The molecule has 9 heteroatoms. The highest BCUT2D eigenvalue weighted by molar-refractivity contribution is 5.97. The Hall–Kier alpha value is -3.23. The van der Waals surface area contributed by atoms with E-state index in [4.69, 9.17) is 0 Å². The monoisotopic (exact) mass is 395 g/mol. The number of hydrogen-bond acceptors (Lipinski definition) is 6. The zero-order valence-corrected chi connectivity index (χ0v) is 16.6. The van der Waals surface area contributed by atoms with Gasteiger partial charge >= 0.3 is 0 Å². The third-order valence-electron chi connectivity index (χ3n) is 5.30. The summed E-state index contributed by atoms with van der Waals surface area (Å²) in [5.74, 6) is 0.641. The summed E-state index contributed by atoms with van der Waals surface area (Å²) < 4.78 is 1.51. The Morgan fingerprint density at radius 2 is 2.03 bits per heavy atom. The van der Waals surface area contributed by atoms with Crippen molar-refractivity contribution in [1.82, 2.24) is 30.5 Å². The van der Waals surface area contributed by atoms with Crippen molar-refractivity contribution in [2.45, 2.75) is 45.2 Å². The summed E-state index contributed by atoms with van der Waals surface area (Å²) in [5, 5.41) is 18.2. The number of carbonyl (C=O) groups excluding carboxylic acids is 1. The lowest BCUT2D eigenvalue weighted by atomic mass is 10.0. The van der Waals surface area contributed by atoms with Crippen LogP contribution >= 0.6 is 0 Å². The molecule has 1 aliphatic heterocycles. The Balaban J connectivity index is 1.48. The summed E-state index contributed by atoms with van der Waals surface area (Å²) in [5.41, 5.74) is 1.84. The van der Waals surface area contributed by atoms with E-state index < -0.39 is 0 Å². The fraction of sp³-hybridized carbons (Fsp3) is 0.450. The second-order valence-electron chi connectivity index (χ2n) is 7.65. The lowest BCUT2D eigenvalue weighted by Gasteiger charge is -2.37. The molecule has 29 heavy (non-hydrogen) atoms. The molecule has 3 aromatic rings. The number of benzene rings is 1. The molecule has 4 rings (SSSR count). The third-order valence-corrected chi connectivity index (χ3v) is 5.30. The molecule has 0 aliphatic carbocycles. The van der Waals surface area contributed by atoms with Gasteiger partial charge in [-0.2, -0.15) is 20.5 Å². The number of H-pyrrole nitrogens is 1. The van der Waals surface area contributed by atoms with Gasteiger partial charge in [-0.15, -0.1) is 0 Å². The van der Waals surface area contributed by atoms with Crippen molar-refractivity contribution in [3.05, 3.63) is 46.2 Å². The zero-order chi connectivity index (χ0) is 20.4. The Morgan fingerprint density at radius 1 is 1.21 bits per heavy atom. The smallest absolute Gasteiger partial charge is 0.267 e. The standard InChI is InChI=1S/C20H25N7O2/c1-13(2)27-19(28)9-8-18(24-27)26-10-4-3-5-15(26)12-21-20(29)14-6-7-16-17(11-14)23-25-22-16/h6-9,11,13,15H,3-5,10,12H2,1-2H3,(H,21,29)(H,22,23,25). The van der Waals surface area contributed by atoms with Gasteiger partial charge in [-0.25, -0.2) is 4.68 Å². The Labute approximate surface area is 168 Å². The number of aromatic nitrogens is 5. The first kappa shape index (κ1) is 19.1. The van der Waals surface area contributed by atoms with E-state index in [0.29, 0.717) is 17.6 Å². The van der Waals surface area contributed by atoms with Crippen molar-refractivity contribution in [3.8, 4) is 0 Å². The molecule has 1 saturated heterocycles. The first-order valence-corrected chi connectivity index (χ1v) is 9.98. The van der Waals surface area contributed by atoms with E-state index in [9.17, 15) is 9.59 Å². The van der Waals surface area contributed by atoms with Crippen LogP contribution < -0.4 is 15.8 Å². The van der Waals surface area contributed by atoms with Gasteiger partial charge in [-0.05, 0) is 57.4 Å². The van der Waals surface area contributed by atoms with E-state index in [2.05, 4.69) is 30.7 Å². The second kappa shape index (κ2) is 8.02. The summed E-state index contributed by atoms with van der Waals surface area (Å²) in [4.78, 5) is 26.9. The minimum Gasteiger partial charge on any atom is -0.350 e. The molecule has 1 unspecified atom stereocenters. The summed E-state index contributed by atoms with van der Waals surface area (Å²) in [6.45, 7) is 5.25. The van der Waals surface area contributed by atoms with Crippen LogP contribution in [0, 0.1) is 0 Å². The average molecular weight is 395 g/mol. The van der Waals surface area contributed by atoms with E-state index >= 15 is 0 Å². The van der Waals surface area contributed by atoms with E-state index in [-0.39, 0.29) is 23.6 Å². The Bertz CT molecular complexity index is 1070. The van der Waals surface area contributed by atoms with Crippen LogP contribution in [0.1, 0.15) is 49.5 Å². The maximum absolute atomic E-state index is 12.6. The summed E-state index contributed by atoms with van der Waals surface area (Å²) in [7, 11) is 0. The van der Waals surface area contributed by atoms with Crippen LogP contribution in [-0.4, -0.2) is 50.2 Å². The minimum atomic E-state index is -0.138. The molecule has 1 fully saturated rings.